The number of anilines is 1. The average molecular weight is 284 g/mol. The van der Waals surface area contributed by atoms with Crippen molar-refractivity contribution in [2.24, 2.45) is 0 Å². The van der Waals surface area contributed by atoms with Gasteiger partial charge in [-0.3, -0.25) is 19.2 Å². The second-order valence-corrected chi connectivity index (χ2v) is 5.04. The summed E-state index contributed by atoms with van der Waals surface area (Å²) in [5.41, 5.74) is 6.97. The van der Waals surface area contributed by atoms with Crippen LogP contribution in [0.3, 0.4) is 0 Å². The Hall–Kier alpha value is -2.63. The smallest absolute Gasteiger partial charge is 0.260 e. The van der Waals surface area contributed by atoms with Gasteiger partial charge in [0.15, 0.2) is 0 Å². The highest BCUT2D eigenvalue weighted by Crippen LogP contribution is 2.19. The molecule has 1 aromatic heterocycles. The normalized spacial score (nSPS) is 14.4. The molecule has 6 nitrogen and oxygen atoms in total. The van der Waals surface area contributed by atoms with Crippen LogP contribution < -0.4 is 5.73 Å². The van der Waals surface area contributed by atoms with Crippen molar-refractivity contribution in [1.29, 1.82) is 0 Å². The van der Waals surface area contributed by atoms with Crippen molar-refractivity contribution in [2.75, 3.05) is 12.3 Å². The van der Waals surface area contributed by atoms with Crippen molar-refractivity contribution >= 4 is 17.6 Å². The molecule has 0 saturated carbocycles. The number of aryl methyl sites for hydroxylation is 1. The van der Waals surface area contributed by atoms with Crippen LogP contribution in [0.15, 0.2) is 36.5 Å². The summed E-state index contributed by atoms with van der Waals surface area (Å²) in [5, 5.41) is 4.07. The molecule has 0 unspecified atom stereocenters. The fourth-order valence-corrected chi connectivity index (χ4v) is 2.52. The van der Waals surface area contributed by atoms with Gasteiger partial charge in [0, 0.05) is 24.8 Å². The number of rotatable bonds is 4. The molecular formula is C15H16N4O2. The largest absolute Gasteiger partial charge is 0.382 e. The summed E-state index contributed by atoms with van der Waals surface area (Å²) in [6, 6.07) is 8.97. The molecule has 0 radical (unpaired) electrons. The van der Waals surface area contributed by atoms with E-state index in [9.17, 15) is 9.59 Å². The highest BCUT2D eigenvalue weighted by Gasteiger charge is 2.29. The van der Waals surface area contributed by atoms with E-state index in [0.717, 1.165) is 5.56 Å². The summed E-state index contributed by atoms with van der Waals surface area (Å²) in [4.78, 5) is 25.7. The molecule has 1 aliphatic heterocycles. The first-order chi connectivity index (χ1) is 10.1. The van der Waals surface area contributed by atoms with Crippen LogP contribution >= 0.6 is 0 Å². The molecule has 0 spiro atoms. The van der Waals surface area contributed by atoms with E-state index in [4.69, 9.17) is 5.73 Å². The van der Waals surface area contributed by atoms with Gasteiger partial charge in [-0.15, -0.1) is 0 Å². The number of hydrogen-bond donors (Lipinski definition) is 1. The number of carbonyl (C=O) groups is 2. The maximum Gasteiger partial charge on any atom is 0.260 e. The Balaban J connectivity index is 1.66. The van der Waals surface area contributed by atoms with Crippen LogP contribution in [-0.2, 0) is 17.8 Å². The Morgan fingerprint density at radius 3 is 2.71 bits per heavy atom. The monoisotopic (exact) mass is 284 g/mol. The van der Waals surface area contributed by atoms with E-state index in [1.165, 1.54) is 4.90 Å². The zero-order chi connectivity index (χ0) is 14.8. The number of nitrogen functional groups attached to an aromatic ring is 1. The van der Waals surface area contributed by atoms with E-state index in [1.54, 1.807) is 23.0 Å². The van der Waals surface area contributed by atoms with Crippen molar-refractivity contribution in [1.82, 2.24) is 14.7 Å². The van der Waals surface area contributed by atoms with Crippen LogP contribution in [0.5, 0.6) is 0 Å². The Bertz CT molecular complexity index is 692. The van der Waals surface area contributed by atoms with Crippen LogP contribution in [0.1, 0.15) is 22.3 Å². The third-order valence-corrected chi connectivity index (χ3v) is 3.57. The summed E-state index contributed by atoms with van der Waals surface area (Å²) in [7, 11) is 0. The molecular weight excluding hydrogens is 268 g/mol. The first-order valence-corrected chi connectivity index (χ1v) is 6.86. The minimum atomic E-state index is -0.207. The maximum atomic E-state index is 12.3. The minimum absolute atomic E-state index is 0.140. The number of amides is 2. The van der Waals surface area contributed by atoms with Crippen molar-refractivity contribution in [2.45, 2.75) is 19.4 Å². The molecule has 1 aromatic carbocycles. The standard InChI is InChI=1S/C15H16N4O2/c16-13-6-9-18(17-13)7-3-8-19-14(20)10-11-4-1-2-5-12(11)15(19)21/h1-2,4-6,9H,3,7-8,10H2,(H2,16,17). The molecule has 21 heavy (non-hydrogen) atoms. The molecule has 0 bridgehead atoms. The van der Waals surface area contributed by atoms with Gasteiger partial charge in [-0.2, -0.15) is 5.10 Å². The van der Waals surface area contributed by atoms with Crippen molar-refractivity contribution < 1.29 is 9.59 Å². The number of nitrogens with zero attached hydrogens (tertiary/aromatic N) is 3. The van der Waals surface area contributed by atoms with E-state index in [2.05, 4.69) is 5.10 Å². The summed E-state index contributed by atoms with van der Waals surface area (Å²) >= 11 is 0. The number of benzene rings is 1. The predicted octanol–water partition coefficient (Wildman–Crippen LogP) is 1.08. The zero-order valence-corrected chi connectivity index (χ0v) is 11.5. The van der Waals surface area contributed by atoms with Crippen LogP contribution in [0.2, 0.25) is 0 Å². The second-order valence-electron chi connectivity index (χ2n) is 5.04. The summed E-state index contributed by atoms with van der Waals surface area (Å²) < 4.78 is 1.71. The SMILES string of the molecule is Nc1ccn(CCCN2C(=O)Cc3ccccc3C2=O)n1. The van der Waals surface area contributed by atoms with Gasteiger partial charge in [0.2, 0.25) is 5.91 Å². The fourth-order valence-electron chi connectivity index (χ4n) is 2.52. The van der Waals surface area contributed by atoms with Crippen molar-refractivity contribution in [3.05, 3.63) is 47.7 Å². The lowest BCUT2D eigenvalue weighted by Gasteiger charge is -2.26. The van der Waals surface area contributed by atoms with Gasteiger partial charge in [0.25, 0.3) is 5.91 Å². The molecule has 0 atom stereocenters. The summed E-state index contributed by atoms with van der Waals surface area (Å²) in [5.74, 6) is 0.120. The minimum Gasteiger partial charge on any atom is -0.382 e. The first-order valence-electron chi connectivity index (χ1n) is 6.86. The first kappa shape index (κ1) is 13.4. The molecule has 2 aromatic rings. The Morgan fingerprint density at radius 2 is 1.95 bits per heavy atom. The van der Waals surface area contributed by atoms with Crippen molar-refractivity contribution in [3.8, 4) is 0 Å². The van der Waals surface area contributed by atoms with Crippen LogP contribution in [0.25, 0.3) is 0 Å². The maximum absolute atomic E-state index is 12.3. The zero-order valence-electron chi connectivity index (χ0n) is 11.5. The lowest BCUT2D eigenvalue weighted by atomic mass is 9.98. The average Bonchev–Trinajstić information content (AvgIpc) is 2.88. The molecule has 6 heteroatoms. The van der Waals surface area contributed by atoms with Gasteiger partial charge in [-0.05, 0) is 24.1 Å². The fraction of sp³-hybridized carbons (Fsp3) is 0.267. The van der Waals surface area contributed by atoms with Gasteiger partial charge in [0.1, 0.15) is 5.82 Å². The van der Waals surface area contributed by atoms with Gasteiger partial charge >= 0.3 is 0 Å². The topological polar surface area (TPSA) is 81.2 Å². The highest BCUT2D eigenvalue weighted by molar-refractivity contribution is 6.09. The molecule has 2 amide bonds. The Kier molecular flexibility index (Phi) is 3.43. The summed E-state index contributed by atoms with van der Waals surface area (Å²) in [6.45, 7) is 1.02. The number of nitrogens with two attached hydrogens (primary N) is 1. The molecule has 0 saturated heterocycles. The number of aromatic nitrogens is 2. The van der Waals surface area contributed by atoms with Crippen molar-refractivity contribution in [3.63, 3.8) is 0 Å². The molecule has 0 aliphatic carbocycles. The molecule has 0 fully saturated rings. The number of imide groups is 1. The second kappa shape index (κ2) is 5.40. The molecule has 2 heterocycles. The molecule has 108 valence electrons. The lowest BCUT2D eigenvalue weighted by molar-refractivity contribution is -0.128. The number of hydrogen-bond acceptors (Lipinski definition) is 4. The third-order valence-electron chi connectivity index (χ3n) is 3.57. The lowest BCUT2D eigenvalue weighted by Crippen LogP contribution is -2.43. The summed E-state index contributed by atoms with van der Waals surface area (Å²) in [6.07, 6.45) is 2.72. The van der Waals surface area contributed by atoms with Crippen LogP contribution in [0, 0.1) is 0 Å². The van der Waals surface area contributed by atoms with Gasteiger partial charge in [-0.25, -0.2) is 0 Å². The van der Waals surface area contributed by atoms with Crippen LogP contribution in [0.4, 0.5) is 5.82 Å². The highest BCUT2D eigenvalue weighted by atomic mass is 16.2. The predicted molar refractivity (Wildman–Crippen MR) is 77.4 cm³/mol. The Labute approximate surface area is 122 Å². The van der Waals surface area contributed by atoms with Crippen LogP contribution in [-0.4, -0.2) is 33.0 Å². The van der Waals surface area contributed by atoms with Gasteiger partial charge < -0.3 is 5.73 Å². The third kappa shape index (κ3) is 2.65. The van der Waals surface area contributed by atoms with E-state index < -0.39 is 0 Å². The quantitative estimate of drug-likeness (QED) is 0.852. The number of carbonyl (C=O) groups excluding carboxylic acids is 2. The molecule has 2 N–H and O–H groups in total. The van der Waals surface area contributed by atoms with E-state index in [0.29, 0.717) is 30.9 Å². The van der Waals surface area contributed by atoms with Gasteiger partial charge in [0.05, 0.1) is 6.42 Å². The van der Waals surface area contributed by atoms with E-state index in [1.807, 2.05) is 18.2 Å². The molecule has 1 aliphatic rings. The molecule has 3 rings (SSSR count). The number of fused-ring (bicyclic) bond motifs is 1. The van der Waals surface area contributed by atoms with Gasteiger partial charge in [-0.1, -0.05) is 18.2 Å². The van der Waals surface area contributed by atoms with E-state index >= 15 is 0 Å². The van der Waals surface area contributed by atoms with E-state index in [-0.39, 0.29) is 18.2 Å². The Morgan fingerprint density at radius 1 is 1.14 bits per heavy atom.